The predicted molar refractivity (Wildman–Crippen MR) is 233 cm³/mol. The first-order chi connectivity index (χ1) is 27.8. The molecule has 0 spiro atoms. The number of fused-ring (bicyclic) bond motifs is 11. The molecule has 13 rings (SSSR count). The largest absolute Gasteiger partial charge is 0.309 e. The molecule has 0 aliphatic heterocycles. The summed E-state index contributed by atoms with van der Waals surface area (Å²) in [6.07, 6.45) is 0. The van der Waals surface area contributed by atoms with Crippen LogP contribution < -0.4 is 0 Å². The van der Waals surface area contributed by atoms with Crippen molar-refractivity contribution in [3.63, 3.8) is 0 Å². The fourth-order valence-electron chi connectivity index (χ4n) is 9.61. The highest BCUT2D eigenvalue weighted by molar-refractivity contribution is 6.19. The lowest BCUT2D eigenvalue weighted by molar-refractivity contribution is 1.08. The predicted octanol–water partition coefficient (Wildman–Crippen LogP) is 13.4. The van der Waals surface area contributed by atoms with Crippen molar-refractivity contribution in [2.75, 3.05) is 0 Å². The monoisotopic (exact) mass is 710 g/mol. The second-order valence-corrected chi connectivity index (χ2v) is 14.9. The molecule has 56 heavy (non-hydrogen) atoms. The molecular weight excluding hydrogens is 681 g/mol. The van der Waals surface area contributed by atoms with Gasteiger partial charge in [-0.15, -0.1) is 0 Å². The van der Waals surface area contributed by atoms with Gasteiger partial charge in [0.15, 0.2) is 5.82 Å². The molecule has 0 saturated carbocycles. The molecule has 3 aromatic heterocycles. The number of hydrogen-bond donors (Lipinski definition) is 0. The highest BCUT2D eigenvalue weighted by Crippen LogP contribution is 2.50. The molecule has 0 amide bonds. The Morgan fingerprint density at radius 3 is 1.61 bits per heavy atom. The van der Waals surface area contributed by atoms with Crippen molar-refractivity contribution in [3.8, 4) is 45.0 Å². The summed E-state index contributed by atoms with van der Waals surface area (Å²) < 4.78 is 4.74. The van der Waals surface area contributed by atoms with Crippen LogP contribution in [0, 0.1) is 0 Å². The van der Waals surface area contributed by atoms with Crippen molar-refractivity contribution in [3.05, 3.63) is 182 Å². The quantitative estimate of drug-likeness (QED) is 0.183. The first-order valence-electron chi connectivity index (χ1n) is 19.2. The molecule has 258 valence electrons. The van der Waals surface area contributed by atoms with Crippen molar-refractivity contribution in [1.29, 1.82) is 0 Å². The van der Waals surface area contributed by atoms with Gasteiger partial charge in [0.1, 0.15) is 5.69 Å². The molecule has 0 N–H and O–H groups in total. The molecule has 9 aromatic carbocycles. The molecule has 0 unspecified atom stereocenters. The highest BCUT2D eigenvalue weighted by atomic mass is 15.1. The zero-order valence-electron chi connectivity index (χ0n) is 30.1. The molecule has 0 atom stereocenters. The van der Waals surface area contributed by atoms with Gasteiger partial charge >= 0.3 is 0 Å². The van der Waals surface area contributed by atoms with Gasteiger partial charge in [-0.2, -0.15) is 0 Å². The average Bonchev–Trinajstić information content (AvgIpc) is 3.89. The zero-order chi connectivity index (χ0) is 36.5. The first-order valence-corrected chi connectivity index (χ1v) is 19.2. The molecule has 4 nitrogen and oxygen atoms in total. The van der Waals surface area contributed by atoms with Crippen LogP contribution in [0.3, 0.4) is 0 Å². The topological polar surface area (TPSA) is 35.6 Å². The smallest absolute Gasteiger partial charge is 0.165 e. The van der Waals surface area contributed by atoms with Crippen LogP contribution in [0.2, 0.25) is 0 Å². The van der Waals surface area contributed by atoms with E-state index in [0.29, 0.717) is 0 Å². The average molecular weight is 711 g/mol. The Morgan fingerprint density at radius 2 is 0.875 bits per heavy atom. The Kier molecular flexibility index (Phi) is 5.86. The molecule has 4 heteroatoms. The third-order valence-electron chi connectivity index (χ3n) is 12.0. The highest BCUT2D eigenvalue weighted by Gasteiger charge is 2.26. The van der Waals surface area contributed by atoms with Crippen LogP contribution in [0.4, 0.5) is 0 Å². The molecule has 0 radical (unpaired) electrons. The molecule has 0 fully saturated rings. The second-order valence-electron chi connectivity index (χ2n) is 14.9. The van der Waals surface area contributed by atoms with Crippen LogP contribution in [0.5, 0.6) is 0 Å². The Morgan fingerprint density at radius 1 is 0.321 bits per heavy atom. The van der Waals surface area contributed by atoms with Crippen LogP contribution in [-0.4, -0.2) is 19.1 Å². The van der Waals surface area contributed by atoms with Crippen LogP contribution in [0.1, 0.15) is 0 Å². The fraction of sp³-hybridized carbons (Fsp3) is 0. The third kappa shape index (κ3) is 3.97. The second kappa shape index (κ2) is 11.0. The number of benzene rings is 9. The number of nitrogens with zero attached hydrogens (tertiary/aromatic N) is 4. The van der Waals surface area contributed by atoms with Gasteiger partial charge in [0.2, 0.25) is 0 Å². The lowest BCUT2D eigenvalue weighted by Gasteiger charge is -2.16. The lowest BCUT2D eigenvalue weighted by atomic mass is 9.96. The third-order valence-corrected chi connectivity index (χ3v) is 12.0. The maximum atomic E-state index is 5.50. The van der Waals surface area contributed by atoms with E-state index >= 15 is 0 Å². The van der Waals surface area contributed by atoms with E-state index in [2.05, 4.69) is 179 Å². The normalized spacial score (nSPS) is 12.3. The maximum Gasteiger partial charge on any atom is 0.165 e. The van der Waals surface area contributed by atoms with Crippen LogP contribution in [0.25, 0.3) is 121 Å². The Bertz CT molecular complexity index is 3580. The minimum atomic E-state index is 0.823. The van der Waals surface area contributed by atoms with E-state index < -0.39 is 0 Å². The van der Waals surface area contributed by atoms with Crippen molar-refractivity contribution < 1.29 is 0 Å². The molecule has 1 aliphatic carbocycles. The molecule has 12 aromatic rings. The summed E-state index contributed by atoms with van der Waals surface area (Å²) >= 11 is 0. The number of para-hydroxylation sites is 5. The molecule has 0 bridgehead atoms. The minimum absolute atomic E-state index is 0.823. The summed E-state index contributed by atoms with van der Waals surface area (Å²) in [6, 6.07) is 65.9. The first kappa shape index (κ1) is 29.8. The van der Waals surface area contributed by atoms with Gasteiger partial charge in [0, 0.05) is 32.8 Å². The number of rotatable bonds is 3. The summed E-state index contributed by atoms with van der Waals surface area (Å²) in [5.41, 5.74) is 14.5. The van der Waals surface area contributed by atoms with Gasteiger partial charge < -0.3 is 4.57 Å². The molecule has 3 heterocycles. The van der Waals surface area contributed by atoms with Gasteiger partial charge in [-0.25, -0.2) is 9.97 Å². The summed E-state index contributed by atoms with van der Waals surface area (Å²) in [5.74, 6) is 0.823. The van der Waals surface area contributed by atoms with Gasteiger partial charge in [0.25, 0.3) is 0 Å². The van der Waals surface area contributed by atoms with Gasteiger partial charge in [-0.3, -0.25) is 4.57 Å². The van der Waals surface area contributed by atoms with Crippen LogP contribution >= 0.6 is 0 Å². The summed E-state index contributed by atoms with van der Waals surface area (Å²) in [5, 5.41) is 9.71. The van der Waals surface area contributed by atoms with Gasteiger partial charge in [0.05, 0.1) is 33.1 Å². The summed E-state index contributed by atoms with van der Waals surface area (Å²) in [6.45, 7) is 0. The van der Waals surface area contributed by atoms with Crippen molar-refractivity contribution >= 4 is 76.2 Å². The Labute approximate surface area is 321 Å². The summed E-state index contributed by atoms with van der Waals surface area (Å²) in [7, 11) is 0. The van der Waals surface area contributed by atoms with E-state index in [1.807, 2.05) is 12.1 Å². The number of hydrogen-bond acceptors (Lipinski definition) is 2. The lowest BCUT2D eigenvalue weighted by Crippen LogP contribution is -2.04. The van der Waals surface area contributed by atoms with E-state index in [-0.39, 0.29) is 0 Å². The Balaban J connectivity index is 1.11. The van der Waals surface area contributed by atoms with Crippen LogP contribution in [-0.2, 0) is 0 Å². The Hall–Kier alpha value is -7.56. The summed E-state index contributed by atoms with van der Waals surface area (Å²) in [4.78, 5) is 11.0. The van der Waals surface area contributed by atoms with E-state index in [4.69, 9.17) is 9.97 Å². The zero-order valence-corrected chi connectivity index (χ0v) is 30.1. The molecule has 1 aliphatic rings. The van der Waals surface area contributed by atoms with Gasteiger partial charge in [-0.05, 0) is 98.4 Å². The minimum Gasteiger partial charge on any atom is -0.309 e. The maximum absolute atomic E-state index is 5.50. The van der Waals surface area contributed by atoms with E-state index in [0.717, 1.165) is 44.8 Å². The van der Waals surface area contributed by atoms with Crippen molar-refractivity contribution in [1.82, 2.24) is 19.1 Å². The molecule has 0 saturated heterocycles. The fourth-order valence-corrected chi connectivity index (χ4v) is 9.61. The number of aromatic nitrogens is 4. The van der Waals surface area contributed by atoms with Gasteiger partial charge in [-0.1, -0.05) is 127 Å². The van der Waals surface area contributed by atoms with E-state index in [1.165, 1.54) is 76.4 Å². The standard InChI is InChI=1S/C52H30N4/c1-2-13-35-34(12-1)39-17-11-18-40-42(27-26-41(35)50(39)40)51-52(54-45-20-7-6-19-44(45)53-51)56-48-23-10-5-16-38(48)43-29-31-24-25-33(28-32(31)30-49(43)56)55-46-21-8-3-14-36(46)37-15-4-9-22-47(37)55/h1-30H. The molecular formula is C52H30N4. The van der Waals surface area contributed by atoms with Crippen molar-refractivity contribution in [2.24, 2.45) is 0 Å². The van der Waals surface area contributed by atoms with Crippen LogP contribution in [0.15, 0.2) is 182 Å². The van der Waals surface area contributed by atoms with E-state index in [9.17, 15) is 0 Å². The van der Waals surface area contributed by atoms with Crippen molar-refractivity contribution in [2.45, 2.75) is 0 Å². The SMILES string of the molecule is c1ccc2c(c1)-c1cccc3c(-c4nc5ccccc5nc4-n4c5ccccc5c5cc6ccc(-n7c8ccccc8c8ccccc87)cc6cc54)ccc-2c13. The van der Waals surface area contributed by atoms with E-state index in [1.54, 1.807) is 0 Å².